The molecule has 0 atom stereocenters. The molecule has 28 heavy (non-hydrogen) atoms. The number of benzene rings is 1. The van der Waals surface area contributed by atoms with Crippen LogP contribution < -0.4 is 15.0 Å². The van der Waals surface area contributed by atoms with Crippen LogP contribution in [0.5, 0.6) is 5.75 Å². The van der Waals surface area contributed by atoms with E-state index in [1.54, 1.807) is 18.3 Å². The minimum absolute atomic E-state index is 0.221. The zero-order chi connectivity index (χ0) is 19.3. The molecule has 148 valence electrons. The number of carbonyl (C=O) groups excluding carboxylic acids is 1. The van der Waals surface area contributed by atoms with Gasteiger partial charge in [0.2, 0.25) is 0 Å². The third kappa shape index (κ3) is 4.56. The van der Waals surface area contributed by atoms with Gasteiger partial charge in [0.15, 0.2) is 0 Å². The van der Waals surface area contributed by atoms with Crippen LogP contribution in [0.4, 0.5) is 11.5 Å². The van der Waals surface area contributed by atoms with E-state index in [2.05, 4.69) is 15.2 Å². The molecule has 6 nitrogen and oxygen atoms in total. The number of nitrogens with zero attached hydrogens (tertiary/aromatic N) is 2. The summed E-state index contributed by atoms with van der Waals surface area (Å²) in [4.78, 5) is 19.1. The van der Waals surface area contributed by atoms with Gasteiger partial charge in [-0.15, -0.1) is 0 Å². The number of hydrogen-bond donors (Lipinski definition) is 1. The predicted molar refractivity (Wildman–Crippen MR) is 110 cm³/mol. The Morgan fingerprint density at radius 3 is 2.64 bits per heavy atom. The molecular weight excluding hydrogens is 378 g/mol. The van der Waals surface area contributed by atoms with Gasteiger partial charge in [0.05, 0.1) is 29.9 Å². The number of rotatable bonds is 5. The number of ether oxygens (including phenoxy) is 2. The molecule has 0 radical (unpaired) electrons. The maximum Gasteiger partial charge on any atom is 0.257 e. The van der Waals surface area contributed by atoms with Gasteiger partial charge in [-0.2, -0.15) is 0 Å². The van der Waals surface area contributed by atoms with E-state index in [1.165, 1.54) is 12.8 Å². The van der Waals surface area contributed by atoms with Gasteiger partial charge in [-0.1, -0.05) is 11.6 Å². The van der Waals surface area contributed by atoms with Crippen molar-refractivity contribution < 1.29 is 14.3 Å². The summed E-state index contributed by atoms with van der Waals surface area (Å²) in [6.45, 7) is 3.02. The number of morpholine rings is 1. The fraction of sp³-hybridized carbons (Fsp3) is 0.429. The van der Waals surface area contributed by atoms with Crippen molar-refractivity contribution in [3.8, 4) is 5.75 Å². The lowest BCUT2D eigenvalue weighted by Gasteiger charge is -2.27. The summed E-state index contributed by atoms with van der Waals surface area (Å²) < 4.78 is 11.3. The number of halogens is 1. The Kier molecular flexibility index (Phi) is 5.98. The maximum atomic E-state index is 12.5. The fourth-order valence-corrected chi connectivity index (χ4v) is 3.79. The van der Waals surface area contributed by atoms with Crippen LogP contribution in [0, 0.1) is 0 Å². The van der Waals surface area contributed by atoms with Crippen LogP contribution in [-0.4, -0.2) is 43.3 Å². The molecule has 1 aromatic carbocycles. The average Bonchev–Trinajstić information content (AvgIpc) is 3.24. The summed E-state index contributed by atoms with van der Waals surface area (Å²) >= 11 is 6.34. The zero-order valence-electron chi connectivity index (χ0n) is 15.7. The Morgan fingerprint density at radius 2 is 1.96 bits per heavy atom. The van der Waals surface area contributed by atoms with Crippen LogP contribution in [0.2, 0.25) is 5.02 Å². The lowest BCUT2D eigenvalue weighted by molar-refractivity contribution is 0.102. The van der Waals surface area contributed by atoms with Gasteiger partial charge >= 0.3 is 0 Å². The summed E-state index contributed by atoms with van der Waals surface area (Å²) in [5.74, 6) is 1.31. The monoisotopic (exact) mass is 401 g/mol. The minimum atomic E-state index is -0.221. The van der Waals surface area contributed by atoms with Crippen molar-refractivity contribution in [2.45, 2.75) is 31.8 Å². The molecule has 0 bridgehead atoms. The number of anilines is 2. The maximum absolute atomic E-state index is 12.5. The van der Waals surface area contributed by atoms with Crippen LogP contribution in [0.25, 0.3) is 0 Å². The van der Waals surface area contributed by atoms with E-state index in [0.717, 1.165) is 31.7 Å². The van der Waals surface area contributed by atoms with Gasteiger partial charge in [-0.05, 0) is 56.0 Å². The number of hydrogen-bond acceptors (Lipinski definition) is 5. The lowest BCUT2D eigenvalue weighted by Crippen LogP contribution is -2.36. The van der Waals surface area contributed by atoms with E-state index in [1.807, 2.05) is 18.2 Å². The molecule has 1 saturated carbocycles. The third-order valence-electron chi connectivity index (χ3n) is 5.13. The van der Waals surface area contributed by atoms with Crippen molar-refractivity contribution in [3.05, 3.63) is 47.1 Å². The molecule has 2 aliphatic rings. The summed E-state index contributed by atoms with van der Waals surface area (Å²) in [7, 11) is 0. The normalized spacial score (nSPS) is 17.5. The molecule has 0 spiro atoms. The molecular formula is C21H24ClN3O3. The second kappa shape index (κ2) is 8.80. The summed E-state index contributed by atoms with van der Waals surface area (Å²) in [5, 5.41) is 3.37. The van der Waals surface area contributed by atoms with Gasteiger partial charge in [-0.25, -0.2) is 4.98 Å². The number of pyridine rings is 1. The summed E-state index contributed by atoms with van der Waals surface area (Å²) in [6, 6.07) is 9.00. The quantitative estimate of drug-likeness (QED) is 0.815. The van der Waals surface area contributed by atoms with Gasteiger partial charge in [-0.3, -0.25) is 4.79 Å². The van der Waals surface area contributed by atoms with Crippen molar-refractivity contribution in [1.29, 1.82) is 0 Å². The first kappa shape index (κ1) is 19.0. The molecule has 1 N–H and O–H groups in total. The lowest BCUT2D eigenvalue weighted by atomic mass is 10.2. The van der Waals surface area contributed by atoms with E-state index in [0.29, 0.717) is 35.2 Å². The van der Waals surface area contributed by atoms with Crippen molar-refractivity contribution in [1.82, 2.24) is 4.98 Å². The Bertz CT molecular complexity index is 816. The van der Waals surface area contributed by atoms with E-state index in [4.69, 9.17) is 21.1 Å². The molecule has 2 aromatic rings. The number of aromatic nitrogens is 1. The molecule has 1 saturated heterocycles. The SMILES string of the molecule is O=C(Nc1ccc(OC2CCCC2)c(Cl)c1)c1ccc(N2CCOCC2)nc1. The number of nitrogens with one attached hydrogen (secondary N) is 1. The Labute approximate surface area is 169 Å². The number of amides is 1. The van der Waals surface area contributed by atoms with Crippen molar-refractivity contribution in [2.24, 2.45) is 0 Å². The molecule has 4 rings (SSSR count). The molecule has 1 aliphatic heterocycles. The predicted octanol–water partition coefficient (Wildman–Crippen LogP) is 4.15. The van der Waals surface area contributed by atoms with Crippen LogP contribution >= 0.6 is 11.6 Å². The van der Waals surface area contributed by atoms with Crippen LogP contribution in [-0.2, 0) is 4.74 Å². The second-order valence-electron chi connectivity index (χ2n) is 7.13. The van der Waals surface area contributed by atoms with E-state index in [-0.39, 0.29) is 12.0 Å². The molecule has 1 aliphatic carbocycles. The van der Waals surface area contributed by atoms with Crippen molar-refractivity contribution in [2.75, 3.05) is 36.5 Å². The molecule has 2 fully saturated rings. The highest BCUT2D eigenvalue weighted by Crippen LogP contribution is 2.32. The van der Waals surface area contributed by atoms with E-state index < -0.39 is 0 Å². The first-order valence-corrected chi connectivity index (χ1v) is 10.1. The Morgan fingerprint density at radius 1 is 1.18 bits per heavy atom. The van der Waals surface area contributed by atoms with Crippen LogP contribution in [0.3, 0.4) is 0 Å². The van der Waals surface area contributed by atoms with Crippen molar-refractivity contribution >= 4 is 29.0 Å². The minimum Gasteiger partial charge on any atom is -0.489 e. The molecule has 0 unspecified atom stereocenters. The first-order chi connectivity index (χ1) is 13.7. The summed E-state index contributed by atoms with van der Waals surface area (Å²) in [5.41, 5.74) is 1.13. The average molecular weight is 402 g/mol. The van der Waals surface area contributed by atoms with Crippen molar-refractivity contribution in [3.63, 3.8) is 0 Å². The number of carbonyl (C=O) groups is 1. The third-order valence-corrected chi connectivity index (χ3v) is 5.43. The standard InChI is InChI=1S/C21H24ClN3O3/c22-18-13-16(6-7-19(18)28-17-3-1-2-4-17)24-21(26)15-5-8-20(23-14-15)25-9-11-27-12-10-25/h5-8,13-14,17H,1-4,9-12H2,(H,24,26). The second-order valence-corrected chi connectivity index (χ2v) is 7.54. The smallest absolute Gasteiger partial charge is 0.257 e. The fourth-order valence-electron chi connectivity index (χ4n) is 3.56. The van der Waals surface area contributed by atoms with E-state index in [9.17, 15) is 4.79 Å². The van der Waals surface area contributed by atoms with Gasteiger partial charge in [0.1, 0.15) is 11.6 Å². The highest BCUT2D eigenvalue weighted by molar-refractivity contribution is 6.32. The zero-order valence-corrected chi connectivity index (χ0v) is 16.5. The summed E-state index contributed by atoms with van der Waals surface area (Å²) in [6.07, 6.45) is 6.39. The Balaban J connectivity index is 1.38. The van der Waals surface area contributed by atoms with Gasteiger partial charge < -0.3 is 19.7 Å². The van der Waals surface area contributed by atoms with Gasteiger partial charge in [0.25, 0.3) is 5.91 Å². The molecule has 1 amide bonds. The Hall–Kier alpha value is -2.31. The largest absolute Gasteiger partial charge is 0.489 e. The topological polar surface area (TPSA) is 63.7 Å². The van der Waals surface area contributed by atoms with Crippen LogP contribution in [0.1, 0.15) is 36.0 Å². The van der Waals surface area contributed by atoms with Crippen LogP contribution in [0.15, 0.2) is 36.5 Å². The van der Waals surface area contributed by atoms with E-state index >= 15 is 0 Å². The van der Waals surface area contributed by atoms with Gasteiger partial charge in [0, 0.05) is 25.0 Å². The first-order valence-electron chi connectivity index (χ1n) is 9.75. The highest BCUT2D eigenvalue weighted by Gasteiger charge is 2.18. The molecule has 2 heterocycles. The highest BCUT2D eigenvalue weighted by atomic mass is 35.5. The molecule has 1 aromatic heterocycles. The molecule has 7 heteroatoms.